The summed E-state index contributed by atoms with van der Waals surface area (Å²) in [5.74, 6) is 0.226. The second-order valence-corrected chi connectivity index (χ2v) is 4.17. The minimum Gasteiger partial charge on any atom is -0.453 e. The fourth-order valence-electron chi connectivity index (χ4n) is 1.93. The van der Waals surface area contributed by atoms with Gasteiger partial charge in [0.1, 0.15) is 5.58 Å². The van der Waals surface area contributed by atoms with E-state index in [0.717, 1.165) is 16.5 Å². The summed E-state index contributed by atoms with van der Waals surface area (Å²) in [6.45, 7) is 1.89. The Labute approximate surface area is 104 Å². The third kappa shape index (κ3) is 1.70. The van der Waals surface area contributed by atoms with Crippen LogP contribution in [0.1, 0.15) is 21.7 Å². The molecule has 3 nitrogen and oxygen atoms in total. The summed E-state index contributed by atoms with van der Waals surface area (Å²) in [6.07, 6.45) is 3.25. The topological polar surface area (TPSA) is 43.1 Å². The van der Waals surface area contributed by atoms with Crippen LogP contribution in [0.2, 0.25) is 0 Å². The first kappa shape index (κ1) is 10.7. The molecule has 18 heavy (non-hydrogen) atoms. The monoisotopic (exact) mass is 237 g/mol. The molecule has 0 saturated carbocycles. The van der Waals surface area contributed by atoms with Crippen LogP contribution < -0.4 is 0 Å². The van der Waals surface area contributed by atoms with Crippen molar-refractivity contribution >= 4 is 16.8 Å². The van der Waals surface area contributed by atoms with E-state index in [-0.39, 0.29) is 5.78 Å². The Morgan fingerprint density at radius 2 is 2.06 bits per heavy atom. The third-order valence-corrected chi connectivity index (χ3v) is 2.93. The number of furan rings is 1. The third-order valence-electron chi connectivity index (χ3n) is 2.93. The number of carbonyl (C=O) groups is 1. The van der Waals surface area contributed by atoms with E-state index in [9.17, 15) is 4.79 Å². The highest BCUT2D eigenvalue weighted by molar-refractivity contribution is 6.09. The van der Waals surface area contributed by atoms with Gasteiger partial charge in [-0.15, -0.1) is 0 Å². The van der Waals surface area contributed by atoms with Crippen molar-refractivity contribution in [2.75, 3.05) is 0 Å². The molecule has 0 saturated heterocycles. The van der Waals surface area contributed by atoms with Crippen molar-refractivity contribution in [2.45, 2.75) is 6.92 Å². The summed E-state index contributed by atoms with van der Waals surface area (Å²) in [5, 5.41) is 0.933. The lowest BCUT2D eigenvalue weighted by Crippen LogP contribution is -2.02. The van der Waals surface area contributed by atoms with Gasteiger partial charge in [0.05, 0.1) is 0 Å². The predicted octanol–water partition coefficient (Wildman–Crippen LogP) is 3.37. The zero-order valence-electron chi connectivity index (χ0n) is 9.88. The summed E-state index contributed by atoms with van der Waals surface area (Å²) in [6, 6.07) is 11.2. The number of rotatable bonds is 2. The average Bonchev–Trinajstić information content (AvgIpc) is 2.82. The van der Waals surface area contributed by atoms with Crippen molar-refractivity contribution in [3.8, 4) is 0 Å². The Morgan fingerprint density at radius 3 is 2.83 bits per heavy atom. The Kier molecular flexibility index (Phi) is 2.45. The van der Waals surface area contributed by atoms with E-state index in [1.54, 1.807) is 18.5 Å². The van der Waals surface area contributed by atoms with Crippen molar-refractivity contribution in [3.05, 3.63) is 65.7 Å². The van der Waals surface area contributed by atoms with Crippen molar-refractivity contribution in [2.24, 2.45) is 0 Å². The minimum atomic E-state index is -0.128. The molecule has 1 aromatic carbocycles. The number of hydrogen-bond acceptors (Lipinski definition) is 3. The first-order valence-electron chi connectivity index (χ1n) is 5.69. The zero-order valence-corrected chi connectivity index (χ0v) is 9.88. The van der Waals surface area contributed by atoms with Gasteiger partial charge in [0.15, 0.2) is 5.76 Å². The zero-order chi connectivity index (χ0) is 12.5. The van der Waals surface area contributed by atoms with Gasteiger partial charge in [0.25, 0.3) is 0 Å². The molecule has 0 spiro atoms. The predicted molar refractivity (Wildman–Crippen MR) is 68.6 cm³/mol. The van der Waals surface area contributed by atoms with Gasteiger partial charge in [-0.3, -0.25) is 9.78 Å². The molecule has 0 unspecified atom stereocenters. The van der Waals surface area contributed by atoms with Gasteiger partial charge in [0.2, 0.25) is 5.78 Å². The summed E-state index contributed by atoms with van der Waals surface area (Å²) in [7, 11) is 0. The van der Waals surface area contributed by atoms with E-state index >= 15 is 0 Å². The highest BCUT2D eigenvalue weighted by atomic mass is 16.3. The van der Waals surface area contributed by atoms with Crippen LogP contribution in [0.5, 0.6) is 0 Å². The fourth-order valence-corrected chi connectivity index (χ4v) is 1.93. The molecule has 3 rings (SSSR count). The van der Waals surface area contributed by atoms with E-state index < -0.39 is 0 Å². The van der Waals surface area contributed by atoms with Gasteiger partial charge < -0.3 is 4.42 Å². The summed E-state index contributed by atoms with van der Waals surface area (Å²) in [5.41, 5.74) is 2.20. The van der Waals surface area contributed by atoms with Crippen molar-refractivity contribution in [1.82, 2.24) is 4.98 Å². The maximum Gasteiger partial charge on any atom is 0.230 e. The first-order valence-corrected chi connectivity index (χ1v) is 5.69. The van der Waals surface area contributed by atoms with Gasteiger partial charge in [-0.2, -0.15) is 0 Å². The number of aromatic nitrogens is 1. The van der Waals surface area contributed by atoms with Crippen LogP contribution in [0.3, 0.4) is 0 Å². The first-order chi connectivity index (χ1) is 8.75. The maximum absolute atomic E-state index is 12.3. The Morgan fingerprint density at radius 1 is 1.22 bits per heavy atom. The molecule has 3 heteroatoms. The van der Waals surface area contributed by atoms with Crippen LogP contribution in [0, 0.1) is 6.92 Å². The molecule has 0 aliphatic carbocycles. The lowest BCUT2D eigenvalue weighted by atomic mass is 10.1. The Bertz CT molecular complexity index is 695. The molecular weight excluding hydrogens is 226 g/mol. The highest BCUT2D eigenvalue weighted by Gasteiger charge is 2.16. The SMILES string of the molecule is Cc1ccncc1C(=O)c1cc2ccccc2o1. The number of nitrogens with zero attached hydrogens (tertiary/aromatic N) is 1. The van der Waals surface area contributed by atoms with Gasteiger partial charge in [-0.1, -0.05) is 18.2 Å². The minimum absolute atomic E-state index is 0.128. The number of aryl methyl sites for hydroxylation is 1. The standard InChI is InChI=1S/C15H11NO2/c1-10-6-7-16-9-12(10)15(17)14-8-11-4-2-3-5-13(11)18-14/h2-9H,1H3. The molecule has 0 N–H and O–H groups in total. The molecule has 3 aromatic rings. The van der Waals surface area contributed by atoms with Crippen molar-refractivity contribution < 1.29 is 9.21 Å². The van der Waals surface area contributed by atoms with Crippen LogP contribution in [0.15, 0.2) is 53.2 Å². The molecule has 88 valence electrons. The normalized spacial score (nSPS) is 10.7. The second-order valence-electron chi connectivity index (χ2n) is 4.17. The maximum atomic E-state index is 12.3. The number of para-hydroxylation sites is 1. The van der Waals surface area contributed by atoms with Crippen molar-refractivity contribution in [3.63, 3.8) is 0 Å². The average molecular weight is 237 g/mol. The van der Waals surface area contributed by atoms with Crippen LogP contribution in [-0.2, 0) is 0 Å². The van der Waals surface area contributed by atoms with Crippen LogP contribution in [0.25, 0.3) is 11.0 Å². The largest absolute Gasteiger partial charge is 0.453 e. The van der Waals surface area contributed by atoms with Gasteiger partial charge in [-0.05, 0) is 30.7 Å². The quantitative estimate of drug-likeness (QED) is 0.642. The highest BCUT2D eigenvalue weighted by Crippen LogP contribution is 2.21. The number of ketones is 1. The molecule has 0 bridgehead atoms. The summed E-state index contributed by atoms with van der Waals surface area (Å²) < 4.78 is 5.56. The molecule has 0 radical (unpaired) electrons. The van der Waals surface area contributed by atoms with Gasteiger partial charge in [-0.25, -0.2) is 0 Å². The van der Waals surface area contributed by atoms with E-state index in [2.05, 4.69) is 4.98 Å². The van der Waals surface area contributed by atoms with Crippen molar-refractivity contribution in [1.29, 1.82) is 0 Å². The number of carbonyl (C=O) groups excluding carboxylic acids is 1. The lowest BCUT2D eigenvalue weighted by molar-refractivity contribution is 0.101. The molecule has 0 aliphatic heterocycles. The molecule has 2 heterocycles. The van der Waals surface area contributed by atoms with Gasteiger partial charge >= 0.3 is 0 Å². The van der Waals surface area contributed by atoms with E-state index in [4.69, 9.17) is 4.42 Å². The van der Waals surface area contributed by atoms with Gasteiger partial charge in [0, 0.05) is 23.3 Å². The second kappa shape index (κ2) is 4.11. The molecular formula is C15H11NO2. The Balaban J connectivity index is 2.10. The molecule has 0 fully saturated rings. The van der Waals surface area contributed by atoms with Crippen LogP contribution in [0.4, 0.5) is 0 Å². The molecule has 0 amide bonds. The summed E-state index contributed by atoms with van der Waals surface area (Å²) >= 11 is 0. The number of hydrogen-bond donors (Lipinski definition) is 0. The smallest absolute Gasteiger partial charge is 0.230 e. The van der Waals surface area contributed by atoms with E-state index in [0.29, 0.717) is 11.3 Å². The fraction of sp³-hybridized carbons (Fsp3) is 0.0667. The summed E-state index contributed by atoms with van der Waals surface area (Å²) in [4.78, 5) is 16.3. The lowest BCUT2D eigenvalue weighted by Gasteiger charge is -2.00. The van der Waals surface area contributed by atoms with E-state index in [1.165, 1.54) is 0 Å². The molecule has 0 atom stereocenters. The number of fused-ring (bicyclic) bond motifs is 1. The number of benzene rings is 1. The Hall–Kier alpha value is -2.42. The number of pyridine rings is 1. The molecule has 2 aromatic heterocycles. The van der Waals surface area contributed by atoms with E-state index in [1.807, 2.05) is 37.3 Å². The molecule has 0 aliphatic rings. The van der Waals surface area contributed by atoms with Crippen LogP contribution in [-0.4, -0.2) is 10.8 Å². The van der Waals surface area contributed by atoms with Crippen LogP contribution >= 0.6 is 0 Å².